The summed E-state index contributed by atoms with van der Waals surface area (Å²) in [6, 6.07) is 44.8. The minimum atomic E-state index is 0.171. The highest BCUT2D eigenvalue weighted by Gasteiger charge is 2.44. The zero-order valence-electron chi connectivity index (χ0n) is 23.0. The minimum absolute atomic E-state index is 0.171. The summed E-state index contributed by atoms with van der Waals surface area (Å²) in [4.78, 5) is 0. The Balaban J connectivity index is 1.23. The second kappa shape index (κ2) is 8.69. The molecule has 6 aromatic carbocycles. The topological polar surface area (TPSA) is 9.23 Å². The van der Waals surface area contributed by atoms with Gasteiger partial charge in [-0.15, -0.1) is 0 Å². The lowest BCUT2D eigenvalue weighted by Crippen LogP contribution is -2.27. The molecule has 1 fully saturated rings. The molecule has 0 atom stereocenters. The van der Waals surface area contributed by atoms with E-state index in [9.17, 15) is 0 Å². The van der Waals surface area contributed by atoms with Crippen molar-refractivity contribution in [2.75, 3.05) is 0 Å². The third-order valence-electron chi connectivity index (χ3n) is 9.88. The standard InChI is InChI=1S/C40H30O/c1-6-23-40(24-7-1)34-18-4-2-14-33(34)38-29(15-10-19-35(38)40)27-12-8-11-26(25-27)28-21-22-37-39-31(28)16-9-17-32(39)30-13-3-5-20-36(30)41-37/h2-5,8-22,25H,1,6-7,23-24H2. The Morgan fingerprint density at radius 1 is 0.463 bits per heavy atom. The van der Waals surface area contributed by atoms with Gasteiger partial charge in [-0.3, -0.25) is 0 Å². The molecule has 0 amide bonds. The van der Waals surface area contributed by atoms with Crippen molar-refractivity contribution in [2.45, 2.75) is 37.5 Å². The van der Waals surface area contributed by atoms with Gasteiger partial charge in [-0.05, 0) is 86.5 Å². The molecule has 0 bridgehead atoms. The van der Waals surface area contributed by atoms with Gasteiger partial charge in [-0.1, -0.05) is 122 Å². The highest BCUT2D eigenvalue weighted by Crippen LogP contribution is 2.58. The molecule has 1 saturated carbocycles. The number of fused-ring (bicyclic) bond motifs is 7. The van der Waals surface area contributed by atoms with Crippen LogP contribution in [0.5, 0.6) is 11.5 Å². The van der Waals surface area contributed by atoms with Crippen LogP contribution in [0, 0.1) is 0 Å². The van der Waals surface area contributed by atoms with Crippen LogP contribution in [0.4, 0.5) is 0 Å². The van der Waals surface area contributed by atoms with E-state index in [0.29, 0.717) is 0 Å². The summed E-state index contributed by atoms with van der Waals surface area (Å²) < 4.78 is 6.37. The molecule has 2 aliphatic carbocycles. The molecule has 0 unspecified atom stereocenters. The number of ether oxygens (including phenoxy) is 1. The average molecular weight is 527 g/mol. The maximum absolute atomic E-state index is 6.37. The van der Waals surface area contributed by atoms with E-state index in [4.69, 9.17) is 4.74 Å². The molecule has 6 aromatic rings. The van der Waals surface area contributed by atoms with E-state index in [2.05, 4.69) is 115 Å². The number of benzene rings is 6. The van der Waals surface area contributed by atoms with Crippen molar-refractivity contribution in [1.29, 1.82) is 0 Å². The van der Waals surface area contributed by atoms with Crippen molar-refractivity contribution in [3.8, 4) is 56.0 Å². The maximum atomic E-state index is 6.37. The molecule has 0 N–H and O–H groups in total. The first-order valence-corrected chi connectivity index (χ1v) is 15.0. The normalized spacial score (nSPS) is 15.7. The van der Waals surface area contributed by atoms with Crippen LogP contribution in [-0.2, 0) is 5.41 Å². The molecule has 1 nitrogen and oxygen atoms in total. The van der Waals surface area contributed by atoms with Gasteiger partial charge in [0.2, 0.25) is 0 Å². The van der Waals surface area contributed by atoms with Crippen LogP contribution < -0.4 is 4.74 Å². The molecule has 1 aliphatic heterocycles. The van der Waals surface area contributed by atoms with Crippen LogP contribution >= 0.6 is 0 Å². The Morgan fingerprint density at radius 2 is 1.15 bits per heavy atom. The minimum Gasteiger partial charge on any atom is -0.456 e. The van der Waals surface area contributed by atoms with Gasteiger partial charge in [-0.2, -0.15) is 0 Å². The van der Waals surface area contributed by atoms with Crippen LogP contribution in [0.15, 0.2) is 121 Å². The lowest BCUT2D eigenvalue weighted by atomic mass is 9.68. The molecule has 1 heteroatoms. The summed E-state index contributed by atoms with van der Waals surface area (Å²) in [5.74, 6) is 1.86. The van der Waals surface area contributed by atoms with E-state index in [1.165, 1.54) is 81.8 Å². The Hall–Kier alpha value is -4.62. The molecular weight excluding hydrogens is 496 g/mol. The highest BCUT2D eigenvalue weighted by atomic mass is 16.5. The first kappa shape index (κ1) is 23.1. The number of para-hydroxylation sites is 1. The molecule has 196 valence electrons. The highest BCUT2D eigenvalue weighted by molar-refractivity contribution is 6.10. The average Bonchev–Trinajstić information content (AvgIpc) is 3.31. The monoisotopic (exact) mass is 526 g/mol. The van der Waals surface area contributed by atoms with Crippen molar-refractivity contribution in [3.05, 3.63) is 132 Å². The molecule has 1 spiro atoms. The largest absolute Gasteiger partial charge is 0.456 e. The van der Waals surface area contributed by atoms with Gasteiger partial charge in [0, 0.05) is 16.4 Å². The molecule has 0 radical (unpaired) electrons. The third-order valence-corrected chi connectivity index (χ3v) is 9.88. The number of hydrogen-bond donors (Lipinski definition) is 0. The van der Waals surface area contributed by atoms with E-state index in [1.807, 2.05) is 6.07 Å². The summed E-state index contributed by atoms with van der Waals surface area (Å²) >= 11 is 0. The van der Waals surface area contributed by atoms with Crippen molar-refractivity contribution >= 4 is 10.8 Å². The van der Waals surface area contributed by atoms with Gasteiger partial charge >= 0.3 is 0 Å². The van der Waals surface area contributed by atoms with Gasteiger partial charge < -0.3 is 4.74 Å². The van der Waals surface area contributed by atoms with Crippen LogP contribution in [0.25, 0.3) is 55.3 Å². The van der Waals surface area contributed by atoms with Gasteiger partial charge in [0.15, 0.2) is 0 Å². The predicted octanol–water partition coefficient (Wildman–Crippen LogP) is 11.2. The summed E-state index contributed by atoms with van der Waals surface area (Å²) in [5, 5.41) is 2.43. The zero-order valence-corrected chi connectivity index (χ0v) is 23.0. The van der Waals surface area contributed by atoms with Crippen LogP contribution in [0.2, 0.25) is 0 Å². The molecular formula is C40H30O. The van der Waals surface area contributed by atoms with Gasteiger partial charge in [0.25, 0.3) is 0 Å². The van der Waals surface area contributed by atoms with Crippen molar-refractivity contribution in [1.82, 2.24) is 0 Å². The molecule has 41 heavy (non-hydrogen) atoms. The quantitative estimate of drug-likeness (QED) is 0.218. The smallest absolute Gasteiger partial charge is 0.135 e. The second-order valence-electron chi connectivity index (χ2n) is 11.9. The van der Waals surface area contributed by atoms with Crippen LogP contribution in [-0.4, -0.2) is 0 Å². The molecule has 0 aromatic heterocycles. The lowest BCUT2D eigenvalue weighted by Gasteiger charge is -2.36. The first-order chi connectivity index (χ1) is 20.3. The summed E-state index contributed by atoms with van der Waals surface area (Å²) in [6.45, 7) is 0. The Morgan fingerprint density at radius 3 is 2.05 bits per heavy atom. The van der Waals surface area contributed by atoms with E-state index in [1.54, 1.807) is 11.1 Å². The van der Waals surface area contributed by atoms with Gasteiger partial charge in [0.1, 0.15) is 11.5 Å². The second-order valence-corrected chi connectivity index (χ2v) is 11.9. The van der Waals surface area contributed by atoms with Crippen LogP contribution in [0.3, 0.4) is 0 Å². The van der Waals surface area contributed by atoms with E-state index in [0.717, 1.165) is 17.1 Å². The van der Waals surface area contributed by atoms with E-state index >= 15 is 0 Å². The molecule has 9 rings (SSSR count). The van der Waals surface area contributed by atoms with Crippen molar-refractivity contribution in [3.63, 3.8) is 0 Å². The van der Waals surface area contributed by atoms with Gasteiger partial charge in [-0.25, -0.2) is 0 Å². The van der Waals surface area contributed by atoms with Gasteiger partial charge in [0.05, 0.1) is 0 Å². The number of hydrogen-bond acceptors (Lipinski definition) is 1. The van der Waals surface area contributed by atoms with Crippen molar-refractivity contribution < 1.29 is 4.74 Å². The molecule has 1 heterocycles. The fourth-order valence-electron chi connectivity index (χ4n) is 8.13. The zero-order chi connectivity index (χ0) is 27.0. The number of rotatable bonds is 2. The van der Waals surface area contributed by atoms with E-state index < -0.39 is 0 Å². The maximum Gasteiger partial charge on any atom is 0.135 e. The van der Waals surface area contributed by atoms with E-state index in [-0.39, 0.29) is 5.41 Å². The summed E-state index contributed by atoms with van der Waals surface area (Å²) in [6.07, 6.45) is 6.49. The van der Waals surface area contributed by atoms with Crippen molar-refractivity contribution in [2.24, 2.45) is 0 Å². The Bertz CT molecular complexity index is 2010. The first-order valence-electron chi connectivity index (χ1n) is 15.0. The Labute approximate surface area is 241 Å². The third kappa shape index (κ3) is 3.24. The lowest BCUT2D eigenvalue weighted by molar-refractivity contribution is 0.353. The fourth-order valence-corrected chi connectivity index (χ4v) is 8.13. The summed E-state index contributed by atoms with van der Waals surface area (Å²) in [5.41, 5.74) is 13.6. The predicted molar refractivity (Wildman–Crippen MR) is 170 cm³/mol. The fraction of sp³-hybridized carbons (Fsp3) is 0.150. The SMILES string of the molecule is c1cc(-c2cccc3c2-c2ccccc2C32CCCCC2)cc(-c2ccc3c4c(cccc24)-c2ccccc2O3)c1. The molecule has 0 saturated heterocycles. The molecule has 3 aliphatic rings. The van der Waals surface area contributed by atoms with Crippen LogP contribution in [0.1, 0.15) is 43.2 Å². The Kier molecular flexibility index (Phi) is 4.90. The summed E-state index contributed by atoms with van der Waals surface area (Å²) in [7, 11) is 0.